The molecule has 1 fully saturated rings. The Morgan fingerprint density at radius 3 is 3.21 bits per heavy atom. The van der Waals surface area contributed by atoms with Crippen LogP contribution in [0.3, 0.4) is 0 Å². The lowest BCUT2D eigenvalue weighted by atomic mass is 10.1. The maximum atomic E-state index is 5.91. The Labute approximate surface area is 113 Å². The van der Waals surface area contributed by atoms with Gasteiger partial charge in [-0.2, -0.15) is 0 Å². The lowest BCUT2D eigenvalue weighted by Gasteiger charge is -2.34. The number of rotatable bonds is 3. The predicted molar refractivity (Wildman–Crippen MR) is 73.9 cm³/mol. The minimum absolute atomic E-state index is 0.0730. The van der Waals surface area contributed by atoms with Crippen molar-refractivity contribution in [3.63, 3.8) is 0 Å². The molecule has 0 spiro atoms. The number of morpholine rings is 1. The molecule has 0 radical (unpaired) electrons. The van der Waals surface area contributed by atoms with Gasteiger partial charge in [-0.15, -0.1) is 0 Å². The zero-order valence-electron chi connectivity index (χ0n) is 11.2. The van der Waals surface area contributed by atoms with Crippen LogP contribution >= 0.6 is 0 Å². The molecule has 0 saturated carbocycles. The third-order valence-electron chi connectivity index (χ3n) is 3.56. The van der Waals surface area contributed by atoms with Crippen molar-refractivity contribution in [3.05, 3.63) is 36.3 Å². The van der Waals surface area contributed by atoms with Crippen LogP contribution in [0.5, 0.6) is 0 Å². The summed E-state index contributed by atoms with van der Waals surface area (Å²) in [5.74, 6) is 0. The van der Waals surface area contributed by atoms with Crippen molar-refractivity contribution in [3.8, 4) is 0 Å². The molecule has 2 N–H and O–H groups in total. The van der Waals surface area contributed by atoms with Gasteiger partial charge in [0.05, 0.1) is 18.4 Å². The second-order valence-corrected chi connectivity index (χ2v) is 5.20. The van der Waals surface area contributed by atoms with Crippen molar-refractivity contribution in [1.29, 1.82) is 0 Å². The molecule has 5 nitrogen and oxygen atoms in total. The predicted octanol–water partition coefficient (Wildman–Crippen LogP) is 0.882. The molecule has 0 aromatic carbocycles. The second-order valence-electron chi connectivity index (χ2n) is 5.20. The van der Waals surface area contributed by atoms with E-state index < -0.39 is 0 Å². The topological polar surface area (TPSA) is 55.8 Å². The van der Waals surface area contributed by atoms with Crippen molar-refractivity contribution in [1.82, 2.24) is 14.3 Å². The quantitative estimate of drug-likeness (QED) is 0.890. The molecule has 3 rings (SSSR count). The SMILES string of the molecule is CC(N)C1CN(Cc2cn3ccccc3n2)CCO1. The van der Waals surface area contributed by atoms with E-state index in [9.17, 15) is 0 Å². The van der Waals surface area contributed by atoms with Gasteiger partial charge in [-0.1, -0.05) is 6.07 Å². The smallest absolute Gasteiger partial charge is 0.137 e. The number of imidazole rings is 1. The van der Waals surface area contributed by atoms with Gasteiger partial charge in [-0.25, -0.2) is 4.98 Å². The Bertz CT molecular complexity index is 518. The van der Waals surface area contributed by atoms with E-state index in [-0.39, 0.29) is 12.1 Å². The van der Waals surface area contributed by atoms with E-state index in [4.69, 9.17) is 10.5 Å². The standard InChI is InChI=1S/C14H20N4O/c1-11(15)13-10-17(6-7-19-13)8-12-9-18-5-3-2-4-14(18)16-12/h2-5,9,11,13H,6-8,10,15H2,1H3. The fourth-order valence-corrected chi connectivity index (χ4v) is 2.49. The highest BCUT2D eigenvalue weighted by Gasteiger charge is 2.23. The maximum Gasteiger partial charge on any atom is 0.137 e. The summed E-state index contributed by atoms with van der Waals surface area (Å²) in [5.41, 5.74) is 8.00. The van der Waals surface area contributed by atoms with Crippen molar-refractivity contribution in [2.45, 2.75) is 25.6 Å². The molecule has 1 aliphatic rings. The summed E-state index contributed by atoms with van der Waals surface area (Å²) in [4.78, 5) is 6.99. The molecule has 2 atom stereocenters. The minimum atomic E-state index is 0.0730. The van der Waals surface area contributed by atoms with Crippen molar-refractivity contribution in [2.75, 3.05) is 19.7 Å². The molecule has 0 aliphatic carbocycles. The van der Waals surface area contributed by atoms with Gasteiger partial charge in [0.15, 0.2) is 0 Å². The van der Waals surface area contributed by atoms with Gasteiger partial charge in [-0.05, 0) is 19.1 Å². The molecule has 5 heteroatoms. The molecule has 0 bridgehead atoms. The number of pyridine rings is 1. The molecule has 2 unspecified atom stereocenters. The molecular formula is C14H20N4O. The van der Waals surface area contributed by atoms with Crippen molar-refractivity contribution >= 4 is 5.65 Å². The Morgan fingerprint density at radius 1 is 1.53 bits per heavy atom. The molecule has 2 aromatic heterocycles. The molecule has 19 heavy (non-hydrogen) atoms. The van der Waals surface area contributed by atoms with E-state index in [2.05, 4.69) is 20.5 Å². The van der Waals surface area contributed by atoms with Gasteiger partial charge in [0.25, 0.3) is 0 Å². The molecule has 2 aromatic rings. The van der Waals surface area contributed by atoms with Gasteiger partial charge in [-0.3, -0.25) is 4.90 Å². The van der Waals surface area contributed by atoms with Gasteiger partial charge in [0, 0.05) is 38.1 Å². The summed E-state index contributed by atoms with van der Waals surface area (Å²) < 4.78 is 7.73. The Balaban J connectivity index is 1.70. The molecule has 3 heterocycles. The van der Waals surface area contributed by atoms with Gasteiger partial charge in [0.2, 0.25) is 0 Å². The molecule has 1 aliphatic heterocycles. The van der Waals surface area contributed by atoms with Crippen LogP contribution in [-0.2, 0) is 11.3 Å². The third kappa shape index (κ3) is 2.78. The highest BCUT2D eigenvalue weighted by molar-refractivity contribution is 5.39. The van der Waals surface area contributed by atoms with E-state index in [0.29, 0.717) is 0 Å². The van der Waals surface area contributed by atoms with E-state index in [1.165, 1.54) is 0 Å². The number of nitrogens with zero attached hydrogens (tertiary/aromatic N) is 3. The fraction of sp³-hybridized carbons (Fsp3) is 0.500. The lowest BCUT2D eigenvalue weighted by Crippen LogP contribution is -2.49. The van der Waals surface area contributed by atoms with Crippen LogP contribution in [0.4, 0.5) is 0 Å². The number of hydrogen-bond donors (Lipinski definition) is 1. The summed E-state index contributed by atoms with van der Waals surface area (Å²) >= 11 is 0. The molecule has 102 valence electrons. The van der Waals surface area contributed by atoms with Crippen LogP contribution in [0.1, 0.15) is 12.6 Å². The minimum Gasteiger partial charge on any atom is -0.374 e. The second kappa shape index (κ2) is 5.28. The van der Waals surface area contributed by atoms with E-state index in [1.807, 2.05) is 31.3 Å². The van der Waals surface area contributed by atoms with Gasteiger partial charge >= 0.3 is 0 Å². The molecule has 0 amide bonds. The highest BCUT2D eigenvalue weighted by Crippen LogP contribution is 2.12. The average Bonchev–Trinajstić information content (AvgIpc) is 2.81. The summed E-state index contributed by atoms with van der Waals surface area (Å²) in [5, 5.41) is 0. The number of aromatic nitrogens is 2. The Hall–Kier alpha value is -1.43. The normalized spacial score (nSPS) is 22.7. The van der Waals surface area contributed by atoms with Crippen molar-refractivity contribution < 1.29 is 4.74 Å². The fourth-order valence-electron chi connectivity index (χ4n) is 2.49. The first kappa shape index (κ1) is 12.6. The van der Waals surface area contributed by atoms with E-state index >= 15 is 0 Å². The first-order valence-electron chi connectivity index (χ1n) is 6.74. The van der Waals surface area contributed by atoms with Crippen LogP contribution in [0.2, 0.25) is 0 Å². The molecular weight excluding hydrogens is 240 g/mol. The summed E-state index contributed by atoms with van der Waals surface area (Å²) in [6.07, 6.45) is 4.24. The largest absolute Gasteiger partial charge is 0.374 e. The summed E-state index contributed by atoms with van der Waals surface area (Å²) in [6, 6.07) is 6.11. The highest BCUT2D eigenvalue weighted by atomic mass is 16.5. The number of hydrogen-bond acceptors (Lipinski definition) is 4. The monoisotopic (exact) mass is 260 g/mol. The third-order valence-corrected chi connectivity index (χ3v) is 3.56. The van der Waals surface area contributed by atoms with Crippen LogP contribution in [-0.4, -0.2) is 46.1 Å². The maximum absolute atomic E-state index is 5.91. The number of ether oxygens (including phenoxy) is 1. The van der Waals surface area contributed by atoms with Crippen LogP contribution in [0.15, 0.2) is 30.6 Å². The van der Waals surface area contributed by atoms with E-state index in [1.54, 1.807) is 0 Å². The van der Waals surface area contributed by atoms with Gasteiger partial charge in [0.1, 0.15) is 5.65 Å². The average molecular weight is 260 g/mol. The van der Waals surface area contributed by atoms with Crippen LogP contribution < -0.4 is 5.73 Å². The molecule has 1 saturated heterocycles. The van der Waals surface area contributed by atoms with Crippen LogP contribution in [0.25, 0.3) is 5.65 Å². The first-order valence-corrected chi connectivity index (χ1v) is 6.74. The first-order chi connectivity index (χ1) is 9.22. The zero-order chi connectivity index (χ0) is 13.2. The zero-order valence-corrected chi connectivity index (χ0v) is 11.2. The Morgan fingerprint density at radius 2 is 2.42 bits per heavy atom. The van der Waals surface area contributed by atoms with Crippen molar-refractivity contribution in [2.24, 2.45) is 5.73 Å². The number of nitrogens with two attached hydrogens (primary N) is 1. The summed E-state index contributed by atoms with van der Waals surface area (Å²) in [7, 11) is 0. The lowest BCUT2D eigenvalue weighted by molar-refractivity contribution is -0.0406. The van der Waals surface area contributed by atoms with Gasteiger partial charge < -0.3 is 14.9 Å². The van der Waals surface area contributed by atoms with E-state index in [0.717, 1.165) is 37.6 Å². The van der Waals surface area contributed by atoms with Crippen LogP contribution in [0, 0.1) is 0 Å². The Kier molecular flexibility index (Phi) is 3.50. The summed E-state index contributed by atoms with van der Waals surface area (Å²) in [6.45, 7) is 5.43. The number of fused-ring (bicyclic) bond motifs is 1.